The first-order valence-corrected chi connectivity index (χ1v) is 4.73. The van der Waals surface area contributed by atoms with Crippen LogP contribution < -0.4 is 11.1 Å². The Morgan fingerprint density at radius 3 is 2.27 bits per heavy atom. The van der Waals surface area contributed by atoms with Gasteiger partial charge in [-0.25, -0.2) is 0 Å². The van der Waals surface area contributed by atoms with Gasteiger partial charge in [0.25, 0.3) is 0 Å². The molecule has 0 aliphatic rings. The molecule has 90 valence electrons. The molecule has 1 atom stereocenters. The summed E-state index contributed by atoms with van der Waals surface area (Å²) in [5.41, 5.74) is 5.39. The number of carbonyl (C=O) groups excluding carboxylic acids is 1. The summed E-state index contributed by atoms with van der Waals surface area (Å²) < 4.78 is 14.8. The van der Waals surface area contributed by atoms with Crippen LogP contribution in [-0.2, 0) is 19.0 Å². The molecule has 0 aromatic rings. The summed E-state index contributed by atoms with van der Waals surface area (Å²) in [5.74, 6) is -0.133. The lowest BCUT2D eigenvalue weighted by Crippen LogP contribution is -2.37. The summed E-state index contributed by atoms with van der Waals surface area (Å²) in [7, 11) is 4.55. The fourth-order valence-electron chi connectivity index (χ4n) is 1.00. The van der Waals surface area contributed by atoms with Crippen molar-refractivity contribution in [1.29, 1.82) is 0 Å². The number of ether oxygens (including phenoxy) is 3. The molecule has 0 bridgehead atoms. The van der Waals surface area contributed by atoms with E-state index < -0.39 is 6.29 Å². The lowest BCUT2D eigenvalue weighted by atomic mass is 10.2. The molecule has 1 unspecified atom stereocenters. The predicted octanol–water partition coefficient (Wildman–Crippen LogP) is -0.915. The molecule has 0 saturated heterocycles. The first-order chi connectivity index (χ1) is 7.17. The molecule has 0 fully saturated rings. The molecule has 0 saturated carbocycles. The Hall–Kier alpha value is -0.690. The average molecular weight is 220 g/mol. The van der Waals surface area contributed by atoms with E-state index in [9.17, 15) is 4.79 Å². The largest absolute Gasteiger partial charge is 0.380 e. The molecule has 0 aromatic heterocycles. The van der Waals surface area contributed by atoms with E-state index in [-0.39, 0.29) is 18.4 Å². The number of nitrogens with one attached hydrogen (secondary N) is 1. The van der Waals surface area contributed by atoms with Gasteiger partial charge in [0.05, 0.1) is 19.1 Å². The molecule has 6 heteroatoms. The van der Waals surface area contributed by atoms with Crippen molar-refractivity contribution in [3.8, 4) is 0 Å². The maximum Gasteiger partial charge on any atom is 0.222 e. The third-order valence-corrected chi connectivity index (χ3v) is 2.00. The Bertz CT molecular complexity index is 169. The minimum Gasteiger partial charge on any atom is -0.380 e. The van der Waals surface area contributed by atoms with Gasteiger partial charge in [-0.15, -0.1) is 0 Å². The molecular weight excluding hydrogens is 200 g/mol. The third-order valence-electron chi connectivity index (χ3n) is 2.00. The minimum atomic E-state index is -0.423. The van der Waals surface area contributed by atoms with Crippen LogP contribution >= 0.6 is 0 Å². The van der Waals surface area contributed by atoms with Gasteiger partial charge in [-0.05, 0) is 0 Å². The lowest BCUT2D eigenvalue weighted by molar-refractivity contribution is -0.129. The molecule has 0 heterocycles. The highest BCUT2D eigenvalue weighted by atomic mass is 16.7. The van der Waals surface area contributed by atoms with E-state index >= 15 is 0 Å². The number of methoxy groups -OCH3 is 3. The van der Waals surface area contributed by atoms with Gasteiger partial charge in [0, 0.05) is 27.9 Å². The summed E-state index contributed by atoms with van der Waals surface area (Å²) in [4.78, 5) is 11.3. The number of nitrogens with two attached hydrogens (primary N) is 1. The Labute approximate surface area is 90.1 Å². The highest BCUT2D eigenvalue weighted by Crippen LogP contribution is 1.95. The van der Waals surface area contributed by atoms with Gasteiger partial charge >= 0.3 is 0 Å². The van der Waals surface area contributed by atoms with Crippen LogP contribution in [0.1, 0.15) is 6.42 Å². The van der Waals surface area contributed by atoms with E-state index in [0.717, 1.165) is 0 Å². The van der Waals surface area contributed by atoms with Crippen LogP contribution in [0.3, 0.4) is 0 Å². The van der Waals surface area contributed by atoms with E-state index in [2.05, 4.69) is 5.32 Å². The first kappa shape index (κ1) is 14.3. The summed E-state index contributed by atoms with van der Waals surface area (Å²) in [6, 6.07) is 0. The van der Waals surface area contributed by atoms with E-state index in [1.54, 1.807) is 0 Å². The molecule has 15 heavy (non-hydrogen) atoms. The Morgan fingerprint density at radius 2 is 1.87 bits per heavy atom. The monoisotopic (exact) mass is 220 g/mol. The van der Waals surface area contributed by atoms with E-state index in [4.69, 9.17) is 19.9 Å². The molecule has 0 aromatic carbocycles. The van der Waals surface area contributed by atoms with Gasteiger partial charge in [-0.3, -0.25) is 4.79 Å². The minimum absolute atomic E-state index is 0.133. The topological polar surface area (TPSA) is 82.8 Å². The normalized spacial score (nSPS) is 12.9. The van der Waals surface area contributed by atoms with Crippen molar-refractivity contribution in [3.63, 3.8) is 0 Å². The van der Waals surface area contributed by atoms with E-state index in [0.29, 0.717) is 13.1 Å². The van der Waals surface area contributed by atoms with Crippen molar-refractivity contribution >= 4 is 5.91 Å². The van der Waals surface area contributed by atoms with Crippen molar-refractivity contribution < 1.29 is 19.0 Å². The van der Waals surface area contributed by atoms with Crippen LogP contribution in [0, 0.1) is 0 Å². The van der Waals surface area contributed by atoms with Crippen molar-refractivity contribution in [1.82, 2.24) is 5.32 Å². The molecule has 3 N–H and O–H groups in total. The average Bonchev–Trinajstić information content (AvgIpc) is 2.27. The Kier molecular flexibility index (Phi) is 8.21. The molecule has 0 aliphatic heterocycles. The van der Waals surface area contributed by atoms with E-state index in [1.807, 2.05) is 0 Å². The second-order valence-electron chi connectivity index (χ2n) is 3.00. The van der Waals surface area contributed by atoms with Gasteiger partial charge in [0.15, 0.2) is 6.29 Å². The van der Waals surface area contributed by atoms with Crippen molar-refractivity contribution in [2.75, 3.05) is 34.4 Å². The highest BCUT2D eigenvalue weighted by molar-refractivity contribution is 5.76. The second kappa shape index (κ2) is 8.60. The molecule has 0 rings (SSSR count). The van der Waals surface area contributed by atoms with Crippen molar-refractivity contribution in [2.45, 2.75) is 18.8 Å². The van der Waals surface area contributed by atoms with Crippen LogP contribution in [0.5, 0.6) is 0 Å². The van der Waals surface area contributed by atoms with Crippen molar-refractivity contribution in [2.24, 2.45) is 5.73 Å². The van der Waals surface area contributed by atoms with Gasteiger partial charge in [-0.1, -0.05) is 0 Å². The van der Waals surface area contributed by atoms with Crippen LogP contribution in [0.4, 0.5) is 0 Å². The number of amides is 1. The quantitative estimate of drug-likeness (QED) is 0.517. The summed E-state index contributed by atoms with van der Waals surface area (Å²) >= 11 is 0. The van der Waals surface area contributed by atoms with Gasteiger partial charge in [-0.2, -0.15) is 0 Å². The van der Waals surface area contributed by atoms with Crippen LogP contribution in [0.15, 0.2) is 0 Å². The fourth-order valence-corrected chi connectivity index (χ4v) is 1.00. The maximum absolute atomic E-state index is 11.3. The zero-order valence-electron chi connectivity index (χ0n) is 9.49. The second-order valence-corrected chi connectivity index (χ2v) is 3.00. The maximum atomic E-state index is 11.3. The van der Waals surface area contributed by atoms with Gasteiger partial charge < -0.3 is 25.3 Å². The first-order valence-electron chi connectivity index (χ1n) is 4.73. The number of hydrogen-bond donors (Lipinski definition) is 2. The van der Waals surface area contributed by atoms with Crippen molar-refractivity contribution in [3.05, 3.63) is 0 Å². The standard InChI is InChI=1S/C9H20N2O4/c1-13-7(5-10)4-8(12)11-6-9(14-2)15-3/h7,9H,4-6,10H2,1-3H3,(H,11,12). The summed E-state index contributed by atoms with van der Waals surface area (Å²) in [6.07, 6.45) is -0.422. The number of hydrogen-bond acceptors (Lipinski definition) is 5. The molecular formula is C9H20N2O4. The van der Waals surface area contributed by atoms with Gasteiger partial charge in [0.2, 0.25) is 5.91 Å². The summed E-state index contributed by atoms with van der Waals surface area (Å²) in [5, 5.41) is 2.66. The molecule has 0 aliphatic carbocycles. The SMILES string of the molecule is COC(CN)CC(=O)NCC(OC)OC. The Morgan fingerprint density at radius 1 is 1.27 bits per heavy atom. The van der Waals surface area contributed by atoms with E-state index in [1.165, 1.54) is 21.3 Å². The third kappa shape index (κ3) is 6.40. The molecule has 0 spiro atoms. The molecule has 0 radical (unpaired) electrons. The molecule has 1 amide bonds. The number of carbonyl (C=O) groups is 1. The van der Waals surface area contributed by atoms with Crippen LogP contribution in [-0.4, -0.2) is 52.7 Å². The fraction of sp³-hybridized carbons (Fsp3) is 0.889. The highest BCUT2D eigenvalue weighted by Gasteiger charge is 2.12. The zero-order chi connectivity index (χ0) is 11.7. The number of rotatable bonds is 8. The Balaban J connectivity index is 3.73. The predicted molar refractivity (Wildman–Crippen MR) is 55.3 cm³/mol. The summed E-state index contributed by atoms with van der Waals surface area (Å²) in [6.45, 7) is 0.634. The lowest BCUT2D eigenvalue weighted by Gasteiger charge is -2.16. The van der Waals surface area contributed by atoms with Gasteiger partial charge in [0.1, 0.15) is 0 Å². The zero-order valence-corrected chi connectivity index (χ0v) is 9.49. The smallest absolute Gasteiger partial charge is 0.222 e. The molecule has 6 nitrogen and oxygen atoms in total. The van der Waals surface area contributed by atoms with Crippen LogP contribution in [0.2, 0.25) is 0 Å². The van der Waals surface area contributed by atoms with Crippen LogP contribution in [0.25, 0.3) is 0 Å².